The summed E-state index contributed by atoms with van der Waals surface area (Å²) in [5.41, 5.74) is -0.308. The van der Waals surface area contributed by atoms with Crippen LogP contribution in [0, 0.1) is 5.92 Å². The molecule has 1 aliphatic carbocycles. The number of aliphatic hydroxyl groups is 3. The van der Waals surface area contributed by atoms with Gasteiger partial charge in [0.25, 0.3) is 0 Å². The molecular weight excluding hydrogens is 280 g/mol. The number of rotatable bonds is 4. The molecule has 7 heteroatoms. The highest BCUT2D eigenvalue weighted by Gasteiger charge is 2.50. The van der Waals surface area contributed by atoms with Gasteiger partial charge in [-0.3, -0.25) is 4.99 Å². The Balaban J connectivity index is 1.66. The lowest BCUT2D eigenvalue weighted by atomic mass is 9.94. The van der Waals surface area contributed by atoms with E-state index in [0.29, 0.717) is 12.3 Å². The minimum absolute atomic E-state index is 0.308. The van der Waals surface area contributed by atoms with Gasteiger partial charge in [-0.2, -0.15) is 0 Å². The van der Waals surface area contributed by atoms with Gasteiger partial charge in [0.1, 0.15) is 23.7 Å². The second-order valence-corrected chi connectivity index (χ2v) is 6.89. The van der Waals surface area contributed by atoms with Crippen molar-refractivity contribution in [1.29, 1.82) is 0 Å². The lowest BCUT2D eigenvalue weighted by Gasteiger charge is -2.40. The van der Waals surface area contributed by atoms with Gasteiger partial charge in [-0.15, -0.1) is 0 Å². The van der Waals surface area contributed by atoms with Crippen LogP contribution in [-0.2, 0) is 4.74 Å². The van der Waals surface area contributed by atoms with Crippen LogP contribution in [0.5, 0.6) is 0 Å². The smallest absolute Gasteiger partial charge is 0.159 e. The molecule has 3 rings (SSSR count). The van der Waals surface area contributed by atoms with Crippen LogP contribution in [-0.4, -0.2) is 62.9 Å². The number of nitrogens with zero attached hydrogens (tertiary/aromatic N) is 1. The molecule has 20 heavy (non-hydrogen) atoms. The van der Waals surface area contributed by atoms with E-state index in [1.54, 1.807) is 0 Å². The summed E-state index contributed by atoms with van der Waals surface area (Å²) in [6.45, 7) is 2.64. The summed E-state index contributed by atoms with van der Waals surface area (Å²) >= 11 is 1.44. The number of hydrogen-bond donors (Lipinski definition) is 4. The van der Waals surface area contributed by atoms with Crippen molar-refractivity contribution in [3.8, 4) is 0 Å². The van der Waals surface area contributed by atoms with E-state index in [1.807, 2.05) is 6.92 Å². The Morgan fingerprint density at radius 1 is 1.40 bits per heavy atom. The van der Waals surface area contributed by atoms with Crippen molar-refractivity contribution in [1.82, 2.24) is 5.32 Å². The molecule has 6 unspecified atom stereocenters. The zero-order chi connectivity index (χ0) is 14.3. The zero-order valence-corrected chi connectivity index (χ0v) is 12.3. The standard InChI is InChI=1S/C13H22N2O4S/c1-2-7(16)11-10(18)9(17)8-12(19-11)20-13(15-8)14-5-6-3-4-6/h6-12,16-18H,2-5H2,1H3,(H,14,15). The molecule has 0 spiro atoms. The van der Waals surface area contributed by atoms with Gasteiger partial charge < -0.3 is 25.4 Å². The number of fused-ring (bicyclic) bond motifs is 1. The summed E-state index contributed by atoms with van der Waals surface area (Å²) in [5.74, 6) is 0.707. The van der Waals surface area contributed by atoms with E-state index < -0.39 is 24.4 Å². The predicted molar refractivity (Wildman–Crippen MR) is 76.5 cm³/mol. The Bertz CT molecular complexity index is 391. The number of aliphatic hydroxyl groups excluding tert-OH is 3. The molecule has 3 fully saturated rings. The first kappa shape index (κ1) is 14.6. The Morgan fingerprint density at radius 2 is 2.15 bits per heavy atom. The Morgan fingerprint density at radius 3 is 2.80 bits per heavy atom. The molecule has 114 valence electrons. The molecule has 4 N–H and O–H groups in total. The van der Waals surface area contributed by atoms with Crippen LogP contribution in [0.2, 0.25) is 0 Å². The number of amidine groups is 1. The van der Waals surface area contributed by atoms with Gasteiger partial charge in [0.05, 0.1) is 12.1 Å². The second-order valence-electron chi connectivity index (χ2n) is 5.80. The minimum Gasteiger partial charge on any atom is -0.390 e. The summed E-state index contributed by atoms with van der Waals surface area (Å²) in [6.07, 6.45) is -0.578. The quantitative estimate of drug-likeness (QED) is 0.568. The number of hydrogen-bond acceptors (Lipinski definition) is 6. The molecule has 1 saturated carbocycles. The first-order valence-electron chi connectivity index (χ1n) is 7.27. The van der Waals surface area contributed by atoms with Gasteiger partial charge in [-0.1, -0.05) is 18.7 Å². The van der Waals surface area contributed by atoms with Crippen molar-refractivity contribution in [2.45, 2.75) is 62.1 Å². The molecule has 6 nitrogen and oxygen atoms in total. The highest BCUT2D eigenvalue weighted by molar-refractivity contribution is 8.14. The Labute approximate surface area is 122 Å². The maximum atomic E-state index is 10.2. The second kappa shape index (κ2) is 5.81. The van der Waals surface area contributed by atoms with Crippen molar-refractivity contribution in [2.75, 3.05) is 6.54 Å². The van der Waals surface area contributed by atoms with E-state index in [0.717, 1.165) is 11.7 Å². The van der Waals surface area contributed by atoms with Crippen molar-refractivity contribution < 1.29 is 20.1 Å². The van der Waals surface area contributed by atoms with Crippen LogP contribution in [0.25, 0.3) is 0 Å². The SMILES string of the molecule is CCC(O)C1OC2SC(=NCC3CC3)NC2C(O)C1O. The summed E-state index contributed by atoms with van der Waals surface area (Å²) < 4.78 is 5.76. The molecule has 2 heterocycles. The van der Waals surface area contributed by atoms with Crippen LogP contribution < -0.4 is 5.32 Å². The van der Waals surface area contributed by atoms with Crippen molar-refractivity contribution in [3.63, 3.8) is 0 Å². The molecule has 6 atom stereocenters. The molecule has 0 amide bonds. The summed E-state index contributed by atoms with van der Waals surface area (Å²) in [5, 5.41) is 34.1. The molecule has 2 saturated heterocycles. The lowest BCUT2D eigenvalue weighted by Crippen LogP contribution is -2.61. The fourth-order valence-electron chi connectivity index (χ4n) is 2.57. The average Bonchev–Trinajstić information content (AvgIpc) is 3.19. The van der Waals surface area contributed by atoms with Gasteiger partial charge in [0.2, 0.25) is 0 Å². The number of nitrogens with one attached hydrogen (secondary N) is 1. The van der Waals surface area contributed by atoms with E-state index >= 15 is 0 Å². The van der Waals surface area contributed by atoms with Gasteiger partial charge in [0.15, 0.2) is 5.17 Å². The van der Waals surface area contributed by atoms with Gasteiger partial charge >= 0.3 is 0 Å². The van der Waals surface area contributed by atoms with E-state index in [4.69, 9.17) is 4.74 Å². The minimum atomic E-state index is -1.08. The van der Waals surface area contributed by atoms with E-state index in [2.05, 4.69) is 10.3 Å². The maximum Gasteiger partial charge on any atom is 0.159 e. The molecule has 0 radical (unpaired) electrons. The average molecular weight is 302 g/mol. The summed E-state index contributed by atoms with van der Waals surface area (Å²) in [4.78, 5) is 4.49. The van der Waals surface area contributed by atoms with E-state index in [9.17, 15) is 15.3 Å². The fourth-order valence-corrected chi connectivity index (χ4v) is 3.71. The molecule has 0 bridgehead atoms. The van der Waals surface area contributed by atoms with Crippen LogP contribution in [0.4, 0.5) is 0 Å². The maximum absolute atomic E-state index is 10.2. The third kappa shape index (κ3) is 2.82. The van der Waals surface area contributed by atoms with Gasteiger partial charge in [0, 0.05) is 6.54 Å². The predicted octanol–water partition coefficient (Wildman–Crippen LogP) is -0.325. The van der Waals surface area contributed by atoms with E-state index in [-0.39, 0.29) is 11.5 Å². The molecule has 0 aromatic heterocycles. The summed E-state index contributed by atoms with van der Waals surface area (Å²) in [7, 11) is 0. The highest BCUT2D eigenvalue weighted by Crippen LogP contribution is 2.36. The highest BCUT2D eigenvalue weighted by atomic mass is 32.2. The number of ether oxygens (including phenoxy) is 1. The van der Waals surface area contributed by atoms with Crippen LogP contribution >= 0.6 is 11.8 Å². The topological polar surface area (TPSA) is 94.3 Å². The third-order valence-electron chi connectivity index (χ3n) is 4.14. The largest absolute Gasteiger partial charge is 0.390 e. The van der Waals surface area contributed by atoms with Crippen molar-refractivity contribution in [3.05, 3.63) is 0 Å². The number of aliphatic imine (C=N–C) groups is 1. The number of thioether (sulfide) groups is 1. The Kier molecular flexibility index (Phi) is 4.24. The molecular formula is C13H22N2O4S. The zero-order valence-electron chi connectivity index (χ0n) is 11.5. The molecule has 0 aromatic rings. The van der Waals surface area contributed by atoms with Crippen molar-refractivity contribution in [2.24, 2.45) is 10.9 Å². The van der Waals surface area contributed by atoms with Crippen LogP contribution in [0.15, 0.2) is 4.99 Å². The monoisotopic (exact) mass is 302 g/mol. The summed E-state index contributed by atoms with van der Waals surface area (Å²) in [6, 6.07) is -0.367. The van der Waals surface area contributed by atoms with Gasteiger partial charge in [-0.05, 0) is 25.2 Å². The fraction of sp³-hybridized carbons (Fsp3) is 0.923. The normalized spacial score (nSPS) is 44.2. The van der Waals surface area contributed by atoms with Gasteiger partial charge in [-0.25, -0.2) is 0 Å². The molecule has 3 aliphatic rings. The molecule has 0 aromatic carbocycles. The first-order valence-corrected chi connectivity index (χ1v) is 8.15. The van der Waals surface area contributed by atoms with Crippen LogP contribution in [0.1, 0.15) is 26.2 Å². The van der Waals surface area contributed by atoms with Crippen molar-refractivity contribution >= 4 is 16.9 Å². The first-order chi connectivity index (χ1) is 9.60. The molecule has 2 aliphatic heterocycles. The Hall–Kier alpha value is -0.340. The van der Waals surface area contributed by atoms with Crippen LogP contribution in [0.3, 0.4) is 0 Å². The lowest BCUT2D eigenvalue weighted by molar-refractivity contribution is -0.187. The van der Waals surface area contributed by atoms with E-state index in [1.165, 1.54) is 24.6 Å². The third-order valence-corrected chi connectivity index (χ3v) is 5.25.